The number of hydrogen-bond acceptors (Lipinski definition) is 1. The Kier molecular flexibility index (Phi) is 7.61. The monoisotopic (exact) mass is 195 g/mol. The molecular weight excluding hydrogens is 170 g/mol. The predicted molar refractivity (Wildman–Crippen MR) is 64.0 cm³/mol. The predicted octanol–water partition coefficient (Wildman–Crippen LogP) is 3.48. The summed E-state index contributed by atoms with van der Waals surface area (Å²) in [6, 6.07) is 0. The molecule has 0 aromatic heterocycles. The summed E-state index contributed by atoms with van der Waals surface area (Å²) in [7, 11) is 0. The molecule has 0 spiro atoms. The smallest absolute Gasteiger partial charge is 0.0719 e. The summed E-state index contributed by atoms with van der Waals surface area (Å²) in [4.78, 5) is 0. The van der Waals surface area contributed by atoms with Gasteiger partial charge in [0.05, 0.1) is 5.54 Å². The Bertz CT molecular complexity index is 178. The quantitative estimate of drug-likeness (QED) is 0.509. The molecule has 2 N–H and O–H groups in total. The van der Waals surface area contributed by atoms with Crippen molar-refractivity contribution in [1.82, 2.24) is 0 Å². The highest BCUT2D eigenvalue weighted by Crippen LogP contribution is 2.06. The molecule has 82 valence electrons. The number of unbranched alkanes of at least 4 members (excludes halogenated alkanes) is 6. The minimum absolute atomic E-state index is 0.317. The Morgan fingerprint density at radius 1 is 1.00 bits per heavy atom. The largest absolute Gasteiger partial charge is 0.316 e. The van der Waals surface area contributed by atoms with E-state index in [1.165, 1.54) is 38.5 Å². The van der Waals surface area contributed by atoms with Crippen molar-refractivity contribution in [2.45, 2.75) is 71.3 Å². The van der Waals surface area contributed by atoms with Gasteiger partial charge in [0.25, 0.3) is 0 Å². The highest BCUT2D eigenvalue weighted by atomic mass is 14.7. The summed E-state index contributed by atoms with van der Waals surface area (Å²) in [5.41, 5.74) is 5.43. The van der Waals surface area contributed by atoms with Crippen LogP contribution >= 0.6 is 0 Å². The second-order valence-electron chi connectivity index (χ2n) is 4.54. The lowest BCUT2D eigenvalue weighted by atomic mass is 10.1. The molecular formula is C13H25N. The van der Waals surface area contributed by atoms with Gasteiger partial charge in [0.15, 0.2) is 0 Å². The molecule has 0 aromatic rings. The Labute approximate surface area is 89.5 Å². The van der Waals surface area contributed by atoms with Crippen molar-refractivity contribution in [3.8, 4) is 11.8 Å². The first-order valence-corrected chi connectivity index (χ1v) is 5.85. The van der Waals surface area contributed by atoms with Crippen LogP contribution in [0.15, 0.2) is 0 Å². The average molecular weight is 195 g/mol. The fourth-order valence-electron chi connectivity index (χ4n) is 1.28. The zero-order valence-electron chi connectivity index (χ0n) is 10.0. The maximum atomic E-state index is 5.74. The molecule has 0 heterocycles. The van der Waals surface area contributed by atoms with Gasteiger partial charge >= 0.3 is 0 Å². The SMILES string of the molecule is CCCCCCCCC#CC(C)(C)N. The molecule has 0 unspecified atom stereocenters. The van der Waals surface area contributed by atoms with E-state index in [1.54, 1.807) is 0 Å². The van der Waals surface area contributed by atoms with E-state index >= 15 is 0 Å². The van der Waals surface area contributed by atoms with Gasteiger partial charge in [-0.15, -0.1) is 5.92 Å². The van der Waals surface area contributed by atoms with Crippen molar-refractivity contribution in [3.05, 3.63) is 0 Å². The van der Waals surface area contributed by atoms with Crippen LogP contribution < -0.4 is 5.73 Å². The molecule has 0 radical (unpaired) electrons. The minimum Gasteiger partial charge on any atom is -0.316 e. The summed E-state index contributed by atoms with van der Waals surface area (Å²) in [6.07, 6.45) is 9.00. The maximum Gasteiger partial charge on any atom is 0.0719 e. The van der Waals surface area contributed by atoms with Crippen LogP contribution in [-0.4, -0.2) is 5.54 Å². The highest BCUT2D eigenvalue weighted by Gasteiger charge is 2.02. The van der Waals surface area contributed by atoms with Gasteiger partial charge in [-0.25, -0.2) is 0 Å². The van der Waals surface area contributed by atoms with Gasteiger partial charge in [-0.05, 0) is 20.3 Å². The minimum atomic E-state index is -0.317. The molecule has 1 nitrogen and oxygen atoms in total. The standard InChI is InChI=1S/C13H25N/c1-4-5-6-7-8-9-10-11-12-13(2,3)14/h4-10,14H2,1-3H3. The topological polar surface area (TPSA) is 26.0 Å². The number of rotatable bonds is 6. The lowest BCUT2D eigenvalue weighted by Crippen LogP contribution is -2.29. The lowest BCUT2D eigenvalue weighted by Gasteiger charge is -2.07. The van der Waals surface area contributed by atoms with Crippen molar-refractivity contribution >= 4 is 0 Å². The molecule has 14 heavy (non-hydrogen) atoms. The van der Waals surface area contributed by atoms with E-state index in [2.05, 4.69) is 18.8 Å². The summed E-state index contributed by atoms with van der Waals surface area (Å²) in [5, 5.41) is 0. The molecule has 0 aromatic carbocycles. The van der Waals surface area contributed by atoms with Crippen molar-refractivity contribution in [2.24, 2.45) is 5.73 Å². The first-order chi connectivity index (χ1) is 6.56. The van der Waals surface area contributed by atoms with Crippen LogP contribution in [0.5, 0.6) is 0 Å². The molecule has 0 bridgehead atoms. The van der Waals surface area contributed by atoms with E-state index in [-0.39, 0.29) is 5.54 Å². The van der Waals surface area contributed by atoms with E-state index in [1.807, 2.05) is 13.8 Å². The molecule has 0 aliphatic rings. The number of nitrogens with two attached hydrogens (primary N) is 1. The van der Waals surface area contributed by atoms with Crippen LogP contribution in [0.2, 0.25) is 0 Å². The van der Waals surface area contributed by atoms with Gasteiger partial charge in [-0.3, -0.25) is 0 Å². The third-order valence-electron chi connectivity index (χ3n) is 2.07. The molecule has 0 aliphatic heterocycles. The zero-order chi connectivity index (χ0) is 10.9. The molecule has 0 aliphatic carbocycles. The Balaban J connectivity index is 3.24. The van der Waals surface area contributed by atoms with E-state index in [0.717, 1.165) is 6.42 Å². The van der Waals surface area contributed by atoms with Crippen molar-refractivity contribution in [2.75, 3.05) is 0 Å². The van der Waals surface area contributed by atoms with Crippen molar-refractivity contribution < 1.29 is 0 Å². The Hall–Kier alpha value is -0.480. The lowest BCUT2D eigenvalue weighted by molar-refractivity contribution is 0.613. The molecule has 0 amide bonds. The number of hydrogen-bond donors (Lipinski definition) is 1. The van der Waals surface area contributed by atoms with Crippen LogP contribution in [0.25, 0.3) is 0 Å². The summed E-state index contributed by atoms with van der Waals surface area (Å²) >= 11 is 0. The molecule has 0 fully saturated rings. The summed E-state index contributed by atoms with van der Waals surface area (Å²) in [6.45, 7) is 6.14. The zero-order valence-corrected chi connectivity index (χ0v) is 10.0. The van der Waals surface area contributed by atoms with Crippen molar-refractivity contribution in [1.29, 1.82) is 0 Å². The summed E-state index contributed by atoms with van der Waals surface area (Å²) < 4.78 is 0. The molecule has 1 heteroatoms. The fraction of sp³-hybridized carbons (Fsp3) is 0.846. The van der Waals surface area contributed by atoms with Gasteiger partial charge in [0.1, 0.15) is 0 Å². The van der Waals surface area contributed by atoms with E-state index < -0.39 is 0 Å². The molecule has 0 rings (SSSR count). The van der Waals surface area contributed by atoms with Crippen LogP contribution in [0.4, 0.5) is 0 Å². The van der Waals surface area contributed by atoms with Gasteiger partial charge < -0.3 is 5.73 Å². The molecule has 0 saturated carbocycles. The van der Waals surface area contributed by atoms with Gasteiger partial charge in [0, 0.05) is 6.42 Å². The Morgan fingerprint density at radius 2 is 1.57 bits per heavy atom. The Morgan fingerprint density at radius 3 is 2.14 bits per heavy atom. The van der Waals surface area contributed by atoms with E-state index in [4.69, 9.17) is 5.73 Å². The molecule has 0 atom stereocenters. The van der Waals surface area contributed by atoms with Crippen LogP contribution in [0.3, 0.4) is 0 Å². The van der Waals surface area contributed by atoms with E-state index in [9.17, 15) is 0 Å². The van der Waals surface area contributed by atoms with Crippen LogP contribution in [0, 0.1) is 11.8 Å². The third-order valence-corrected chi connectivity index (χ3v) is 2.07. The second kappa shape index (κ2) is 7.88. The van der Waals surface area contributed by atoms with Crippen molar-refractivity contribution in [3.63, 3.8) is 0 Å². The molecule has 0 saturated heterocycles. The van der Waals surface area contributed by atoms with Crippen LogP contribution in [0.1, 0.15) is 65.7 Å². The summed E-state index contributed by atoms with van der Waals surface area (Å²) in [5.74, 6) is 6.19. The van der Waals surface area contributed by atoms with Gasteiger partial charge in [-0.2, -0.15) is 0 Å². The second-order valence-corrected chi connectivity index (χ2v) is 4.54. The first-order valence-electron chi connectivity index (χ1n) is 5.85. The van der Waals surface area contributed by atoms with E-state index in [0.29, 0.717) is 0 Å². The van der Waals surface area contributed by atoms with Crippen LogP contribution in [-0.2, 0) is 0 Å². The maximum absolute atomic E-state index is 5.74. The first kappa shape index (κ1) is 13.5. The average Bonchev–Trinajstić information content (AvgIpc) is 2.08. The third kappa shape index (κ3) is 11.5. The highest BCUT2D eigenvalue weighted by molar-refractivity contribution is 5.12. The fourth-order valence-corrected chi connectivity index (χ4v) is 1.28. The van der Waals surface area contributed by atoms with Gasteiger partial charge in [-0.1, -0.05) is 44.9 Å². The normalized spacial score (nSPS) is 10.9. The van der Waals surface area contributed by atoms with Gasteiger partial charge in [0.2, 0.25) is 0 Å².